The van der Waals surface area contributed by atoms with Gasteiger partial charge >= 0.3 is 5.69 Å². The van der Waals surface area contributed by atoms with Gasteiger partial charge in [0.15, 0.2) is 0 Å². The third kappa shape index (κ3) is 6.62. The van der Waals surface area contributed by atoms with Crippen LogP contribution in [0.15, 0.2) is 69.6 Å². The SMILES string of the molecule is Cc1cc(C)cc(NC(=O)Cn2c(=O)n(CCCCC(=O)NCc3cccs3)c(=O)c3ccccc32)c1. The zero-order valence-electron chi connectivity index (χ0n) is 21.0. The molecule has 0 fully saturated rings. The van der Waals surface area contributed by atoms with Gasteiger partial charge in [0.1, 0.15) is 6.54 Å². The van der Waals surface area contributed by atoms with Crippen LogP contribution in [0.25, 0.3) is 10.9 Å². The average Bonchev–Trinajstić information content (AvgIpc) is 3.38. The topological polar surface area (TPSA) is 102 Å². The minimum Gasteiger partial charge on any atom is -0.351 e. The highest BCUT2D eigenvalue weighted by Crippen LogP contribution is 2.14. The predicted molar refractivity (Wildman–Crippen MR) is 147 cm³/mol. The molecule has 2 N–H and O–H groups in total. The minimum atomic E-state index is -0.540. The lowest BCUT2D eigenvalue weighted by molar-refractivity contribution is -0.121. The van der Waals surface area contributed by atoms with Crippen molar-refractivity contribution in [2.24, 2.45) is 0 Å². The van der Waals surface area contributed by atoms with Crippen molar-refractivity contribution in [1.29, 1.82) is 0 Å². The number of rotatable bonds is 10. The lowest BCUT2D eigenvalue weighted by Crippen LogP contribution is -2.41. The number of fused-ring (bicyclic) bond motifs is 1. The monoisotopic (exact) mass is 518 g/mol. The van der Waals surface area contributed by atoms with E-state index in [2.05, 4.69) is 10.6 Å². The van der Waals surface area contributed by atoms with Gasteiger partial charge in [-0.2, -0.15) is 0 Å². The van der Waals surface area contributed by atoms with E-state index in [0.29, 0.717) is 42.4 Å². The van der Waals surface area contributed by atoms with E-state index in [1.165, 1.54) is 4.57 Å². The van der Waals surface area contributed by atoms with Crippen molar-refractivity contribution in [3.05, 3.63) is 96.8 Å². The summed E-state index contributed by atoms with van der Waals surface area (Å²) in [5.41, 5.74) is 2.18. The van der Waals surface area contributed by atoms with Gasteiger partial charge in [0.05, 0.1) is 17.4 Å². The Morgan fingerprint density at radius 2 is 1.65 bits per heavy atom. The van der Waals surface area contributed by atoms with E-state index in [4.69, 9.17) is 0 Å². The van der Waals surface area contributed by atoms with Crippen LogP contribution in [0.5, 0.6) is 0 Å². The van der Waals surface area contributed by atoms with Gasteiger partial charge in [-0.15, -0.1) is 11.3 Å². The number of thiophene rings is 1. The number of nitrogens with zero attached hydrogens (tertiary/aromatic N) is 2. The Balaban J connectivity index is 1.46. The normalized spacial score (nSPS) is 11.0. The summed E-state index contributed by atoms with van der Waals surface area (Å²) in [6.07, 6.45) is 1.32. The van der Waals surface area contributed by atoms with Crippen LogP contribution in [0.1, 0.15) is 35.3 Å². The highest BCUT2D eigenvalue weighted by molar-refractivity contribution is 7.09. The molecule has 192 valence electrons. The summed E-state index contributed by atoms with van der Waals surface area (Å²) in [5.74, 6) is -0.426. The molecule has 4 rings (SSSR count). The zero-order chi connectivity index (χ0) is 26.4. The van der Waals surface area contributed by atoms with E-state index < -0.39 is 11.2 Å². The highest BCUT2D eigenvalue weighted by atomic mass is 32.1. The molecule has 0 atom stereocenters. The molecule has 0 saturated carbocycles. The van der Waals surface area contributed by atoms with Gasteiger partial charge < -0.3 is 10.6 Å². The van der Waals surface area contributed by atoms with Crippen LogP contribution in [0, 0.1) is 13.8 Å². The summed E-state index contributed by atoms with van der Waals surface area (Å²) in [6, 6.07) is 16.4. The molecule has 2 aromatic heterocycles. The first-order valence-corrected chi connectivity index (χ1v) is 13.1. The molecular weight excluding hydrogens is 488 g/mol. The van der Waals surface area contributed by atoms with Crippen molar-refractivity contribution in [3.8, 4) is 0 Å². The molecule has 9 heteroatoms. The first kappa shape index (κ1) is 26.1. The van der Waals surface area contributed by atoms with E-state index in [0.717, 1.165) is 20.6 Å². The molecule has 2 heterocycles. The van der Waals surface area contributed by atoms with Gasteiger partial charge in [-0.25, -0.2) is 4.79 Å². The van der Waals surface area contributed by atoms with E-state index >= 15 is 0 Å². The standard InChI is InChI=1S/C28H30N4O4S/c1-19-14-20(2)16-21(15-19)30-26(34)18-32-24-10-4-3-9-23(24)27(35)31(28(32)36)12-6-5-11-25(33)29-17-22-8-7-13-37-22/h3-4,7-10,13-16H,5-6,11-12,17-18H2,1-2H3,(H,29,33)(H,30,34). The fourth-order valence-corrected chi connectivity index (χ4v) is 5.00. The smallest absolute Gasteiger partial charge is 0.331 e. The van der Waals surface area contributed by atoms with Gasteiger partial charge in [-0.1, -0.05) is 24.3 Å². The number of benzene rings is 2. The Morgan fingerprint density at radius 3 is 2.38 bits per heavy atom. The van der Waals surface area contributed by atoms with Crippen LogP contribution in [-0.2, 0) is 29.2 Å². The maximum atomic E-state index is 13.3. The second-order valence-electron chi connectivity index (χ2n) is 9.08. The number of aromatic nitrogens is 2. The second kappa shape index (κ2) is 11.8. The summed E-state index contributed by atoms with van der Waals surface area (Å²) >= 11 is 1.58. The van der Waals surface area contributed by atoms with Gasteiger partial charge in [-0.3, -0.25) is 23.5 Å². The molecule has 0 radical (unpaired) electrons. The lowest BCUT2D eigenvalue weighted by atomic mass is 10.1. The fraction of sp³-hybridized carbons (Fsp3) is 0.286. The van der Waals surface area contributed by atoms with Gasteiger partial charge in [0, 0.05) is 23.5 Å². The van der Waals surface area contributed by atoms with Crippen molar-refractivity contribution in [2.45, 2.75) is 52.7 Å². The molecule has 8 nitrogen and oxygen atoms in total. The number of para-hydroxylation sites is 1. The van der Waals surface area contributed by atoms with Crippen molar-refractivity contribution >= 4 is 39.7 Å². The van der Waals surface area contributed by atoms with Crippen molar-refractivity contribution in [2.75, 3.05) is 5.32 Å². The quantitative estimate of drug-likeness (QED) is 0.310. The molecule has 0 saturated heterocycles. The Hall–Kier alpha value is -3.98. The van der Waals surface area contributed by atoms with Crippen LogP contribution in [0.2, 0.25) is 0 Å². The number of unbranched alkanes of at least 4 members (excludes halogenated alkanes) is 1. The Kier molecular flexibility index (Phi) is 8.35. The average molecular weight is 519 g/mol. The number of hydrogen-bond acceptors (Lipinski definition) is 5. The van der Waals surface area contributed by atoms with Gasteiger partial charge in [0.2, 0.25) is 11.8 Å². The maximum Gasteiger partial charge on any atom is 0.331 e. The predicted octanol–water partition coefficient (Wildman–Crippen LogP) is 3.97. The number of aryl methyl sites for hydroxylation is 2. The first-order chi connectivity index (χ1) is 17.8. The number of carbonyl (C=O) groups is 2. The van der Waals surface area contributed by atoms with Crippen LogP contribution in [0.4, 0.5) is 5.69 Å². The third-order valence-corrected chi connectivity index (χ3v) is 6.89. The number of nitrogens with one attached hydrogen (secondary N) is 2. The molecule has 0 aliphatic rings. The van der Waals surface area contributed by atoms with E-state index in [9.17, 15) is 19.2 Å². The number of hydrogen-bond donors (Lipinski definition) is 2. The van der Waals surface area contributed by atoms with Crippen LogP contribution in [0.3, 0.4) is 0 Å². The van der Waals surface area contributed by atoms with Crippen LogP contribution >= 0.6 is 11.3 Å². The minimum absolute atomic E-state index is 0.0697. The van der Waals surface area contributed by atoms with Gasteiger partial charge in [0.25, 0.3) is 5.56 Å². The molecule has 0 aliphatic heterocycles. The Labute approximate surface area is 218 Å². The number of amides is 2. The summed E-state index contributed by atoms with van der Waals surface area (Å²) in [6.45, 7) is 4.33. The molecule has 4 aromatic rings. The largest absolute Gasteiger partial charge is 0.351 e. The number of carbonyl (C=O) groups excluding carboxylic acids is 2. The third-order valence-electron chi connectivity index (χ3n) is 6.01. The van der Waals surface area contributed by atoms with E-state index in [-0.39, 0.29) is 24.9 Å². The second-order valence-corrected chi connectivity index (χ2v) is 10.1. The van der Waals surface area contributed by atoms with Crippen molar-refractivity contribution in [1.82, 2.24) is 14.5 Å². The highest BCUT2D eigenvalue weighted by Gasteiger charge is 2.15. The van der Waals surface area contributed by atoms with E-state index in [1.807, 2.05) is 49.6 Å². The molecule has 0 spiro atoms. The van der Waals surface area contributed by atoms with Crippen molar-refractivity contribution in [3.63, 3.8) is 0 Å². The molecule has 37 heavy (non-hydrogen) atoms. The van der Waals surface area contributed by atoms with Crippen LogP contribution in [-0.4, -0.2) is 20.9 Å². The Morgan fingerprint density at radius 1 is 0.892 bits per heavy atom. The number of anilines is 1. The molecule has 2 amide bonds. The zero-order valence-corrected chi connectivity index (χ0v) is 21.8. The molecule has 0 bridgehead atoms. The van der Waals surface area contributed by atoms with Crippen molar-refractivity contribution < 1.29 is 9.59 Å². The molecule has 2 aromatic carbocycles. The summed E-state index contributed by atoms with van der Waals surface area (Å²) in [5, 5.41) is 8.07. The first-order valence-electron chi connectivity index (χ1n) is 12.2. The summed E-state index contributed by atoms with van der Waals surface area (Å²) in [7, 11) is 0. The van der Waals surface area contributed by atoms with Crippen LogP contribution < -0.4 is 21.9 Å². The summed E-state index contributed by atoms with van der Waals surface area (Å²) in [4.78, 5) is 52.5. The fourth-order valence-electron chi connectivity index (χ4n) is 4.35. The summed E-state index contributed by atoms with van der Waals surface area (Å²) < 4.78 is 2.50. The maximum absolute atomic E-state index is 13.3. The molecular formula is C28H30N4O4S. The molecule has 0 aliphatic carbocycles. The Bertz CT molecular complexity index is 1520. The van der Waals surface area contributed by atoms with Gasteiger partial charge in [-0.05, 0) is 73.5 Å². The lowest BCUT2D eigenvalue weighted by Gasteiger charge is -2.14. The van der Waals surface area contributed by atoms with E-state index in [1.54, 1.807) is 35.6 Å². The molecule has 0 unspecified atom stereocenters.